The third-order valence-corrected chi connectivity index (χ3v) is 4.81. The lowest BCUT2D eigenvalue weighted by atomic mass is 9.85. The topological polar surface area (TPSA) is 29.5 Å². The van der Waals surface area contributed by atoms with Crippen molar-refractivity contribution in [2.45, 2.75) is 57.1 Å². The second-order valence-corrected chi connectivity index (χ2v) is 5.96. The molecule has 0 aromatic carbocycles. The first-order valence-electron chi connectivity index (χ1n) is 7.34. The Morgan fingerprint density at radius 2 is 2.00 bits per heavy atom. The molecule has 100 valence electrons. The van der Waals surface area contributed by atoms with Gasteiger partial charge in [0.15, 0.2) is 0 Å². The van der Waals surface area contributed by atoms with Crippen molar-refractivity contribution in [1.29, 1.82) is 0 Å². The molecule has 1 saturated heterocycles. The lowest BCUT2D eigenvalue weighted by Gasteiger charge is -2.40. The first-order chi connectivity index (χ1) is 8.75. The molecule has 0 radical (unpaired) electrons. The molecule has 2 aliphatic carbocycles. The minimum absolute atomic E-state index is 0.245. The number of hydrogen-bond acceptors (Lipinski definition) is 2. The lowest BCUT2D eigenvalue weighted by Crippen LogP contribution is -2.53. The minimum Gasteiger partial charge on any atom is -0.374 e. The Balaban J connectivity index is 1.66. The van der Waals surface area contributed by atoms with Crippen LogP contribution in [0.5, 0.6) is 0 Å². The lowest BCUT2D eigenvalue weighted by molar-refractivity contribution is -0.149. The molecule has 0 bridgehead atoms. The normalized spacial score (nSPS) is 33.6. The van der Waals surface area contributed by atoms with E-state index in [0.717, 1.165) is 51.7 Å². The molecule has 18 heavy (non-hydrogen) atoms. The molecule has 3 heteroatoms. The summed E-state index contributed by atoms with van der Waals surface area (Å²) < 4.78 is 5.78. The highest BCUT2D eigenvalue weighted by Crippen LogP contribution is 2.34. The van der Waals surface area contributed by atoms with Gasteiger partial charge in [-0.05, 0) is 44.9 Å². The van der Waals surface area contributed by atoms with Gasteiger partial charge in [-0.2, -0.15) is 0 Å². The average molecular weight is 249 g/mol. The number of allylic oxidation sites excluding steroid dienone is 1. The van der Waals surface area contributed by atoms with Crippen LogP contribution in [0.4, 0.5) is 0 Å². The number of nitrogens with zero attached hydrogens (tertiary/aromatic N) is 1. The van der Waals surface area contributed by atoms with E-state index in [-0.39, 0.29) is 5.92 Å². The van der Waals surface area contributed by atoms with Crippen molar-refractivity contribution in [3.63, 3.8) is 0 Å². The Hall–Kier alpha value is -0.830. The highest BCUT2D eigenvalue weighted by Gasteiger charge is 2.40. The zero-order valence-electron chi connectivity index (χ0n) is 11.1. The van der Waals surface area contributed by atoms with Crippen molar-refractivity contribution in [2.24, 2.45) is 5.92 Å². The third kappa shape index (κ3) is 2.20. The van der Waals surface area contributed by atoms with Crippen LogP contribution in [0.25, 0.3) is 0 Å². The van der Waals surface area contributed by atoms with Gasteiger partial charge in [-0.3, -0.25) is 4.79 Å². The van der Waals surface area contributed by atoms with Crippen LogP contribution in [0.2, 0.25) is 0 Å². The number of ether oxygens (including phenoxy) is 1. The molecule has 0 unspecified atom stereocenters. The number of amides is 1. The van der Waals surface area contributed by atoms with E-state index in [1.807, 2.05) is 0 Å². The molecule has 2 atom stereocenters. The quantitative estimate of drug-likeness (QED) is 0.668. The Morgan fingerprint density at radius 1 is 1.22 bits per heavy atom. The van der Waals surface area contributed by atoms with Crippen LogP contribution in [0, 0.1) is 5.92 Å². The summed E-state index contributed by atoms with van der Waals surface area (Å²) in [7, 11) is 0. The smallest absolute Gasteiger partial charge is 0.226 e. The molecule has 1 amide bonds. The maximum atomic E-state index is 12.6. The van der Waals surface area contributed by atoms with Gasteiger partial charge in [0, 0.05) is 12.5 Å². The highest BCUT2D eigenvalue weighted by atomic mass is 16.5. The van der Waals surface area contributed by atoms with Crippen LogP contribution in [0.3, 0.4) is 0 Å². The van der Waals surface area contributed by atoms with E-state index in [9.17, 15) is 4.79 Å². The largest absolute Gasteiger partial charge is 0.374 e. The fourth-order valence-electron chi connectivity index (χ4n) is 3.71. The standard InChI is InChI=1S/C15H23NO2/c1-11-5-7-12(8-6-11)15(17)16-9-10-18-14-4-2-3-13(14)16/h12-14H,1-10H2/t13-,14+/m1/s1. The van der Waals surface area contributed by atoms with Crippen molar-refractivity contribution < 1.29 is 9.53 Å². The number of carbonyl (C=O) groups excluding carboxylic acids is 1. The summed E-state index contributed by atoms with van der Waals surface area (Å²) in [4.78, 5) is 14.8. The maximum Gasteiger partial charge on any atom is 0.226 e. The summed E-state index contributed by atoms with van der Waals surface area (Å²) >= 11 is 0. The first kappa shape index (κ1) is 12.2. The van der Waals surface area contributed by atoms with Gasteiger partial charge in [0.25, 0.3) is 0 Å². The van der Waals surface area contributed by atoms with E-state index < -0.39 is 0 Å². The second kappa shape index (κ2) is 5.04. The first-order valence-corrected chi connectivity index (χ1v) is 7.34. The van der Waals surface area contributed by atoms with E-state index >= 15 is 0 Å². The molecule has 3 rings (SSSR count). The van der Waals surface area contributed by atoms with Crippen LogP contribution < -0.4 is 0 Å². The predicted octanol–water partition coefficient (Wildman–Crippen LogP) is 2.51. The summed E-state index contributed by atoms with van der Waals surface area (Å²) in [5.41, 5.74) is 1.32. The molecule has 0 aromatic heterocycles. The summed E-state index contributed by atoms with van der Waals surface area (Å²) in [5.74, 6) is 0.637. The van der Waals surface area contributed by atoms with Gasteiger partial charge in [0.2, 0.25) is 5.91 Å². The molecule has 2 saturated carbocycles. The fraction of sp³-hybridized carbons (Fsp3) is 0.800. The summed E-state index contributed by atoms with van der Waals surface area (Å²) in [6, 6.07) is 0.372. The van der Waals surface area contributed by atoms with Gasteiger partial charge in [-0.1, -0.05) is 12.2 Å². The highest BCUT2D eigenvalue weighted by molar-refractivity contribution is 5.79. The Labute approximate surface area is 109 Å². The van der Waals surface area contributed by atoms with Crippen LogP contribution >= 0.6 is 0 Å². The SMILES string of the molecule is C=C1CCC(C(=O)N2CCO[C@H]3CCC[C@H]32)CC1. The van der Waals surface area contributed by atoms with E-state index in [1.165, 1.54) is 12.0 Å². The molecule has 0 N–H and O–H groups in total. The van der Waals surface area contributed by atoms with E-state index in [1.54, 1.807) is 0 Å². The number of hydrogen-bond donors (Lipinski definition) is 0. The number of rotatable bonds is 1. The van der Waals surface area contributed by atoms with Crippen molar-refractivity contribution in [1.82, 2.24) is 4.90 Å². The van der Waals surface area contributed by atoms with Crippen LogP contribution in [-0.4, -0.2) is 36.1 Å². The monoisotopic (exact) mass is 249 g/mol. The molecule has 0 aromatic rings. The Kier molecular flexibility index (Phi) is 3.42. The maximum absolute atomic E-state index is 12.6. The number of morpholine rings is 1. The van der Waals surface area contributed by atoms with E-state index in [2.05, 4.69) is 11.5 Å². The van der Waals surface area contributed by atoms with Crippen molar-refractivity contribution >= 4 is 5.91 Å². The zero-order chi connectivity index (χ0) is 12.5. The van der Waals surface area contributed by atoms with Gasteiger partial charge < -0.3 is 9.64 Å². The Morgan fingerprint density at radius 3 is 2.78 bits per heavy atom. The minimum atomic E-state index is 0.245. The number of fused-ring (bicyclic) bond motifs is 1. The van der Waals surface area contributed by atoms with Crippen molar-refractivity contribution in [2.75, 3.05) is 13.2 Å². The number of carbonyl (C=O) groups is 1. The second-order valence-electron chi connectivity index (χ2n) is 5.96. The van der Waals surface area contributed by atoms with Crippen LogP contribution in [-0.2, 0) is 9.53 Å². The fourth-order valence-corrected chi connectivity index (χ4v) is 3.71. The molecular weight excluding hydrogens is 226 g/mol. The molecule has 1 aliphatic heterocycles. The molecule has 0 spiro atoms. The summed E-state index contributed by atoms with van der Waals surface area (Å²) in [6.07, 6.45) is 7.88. The molecule has 3 nitrogen and oxygen atoms in total. The predicted molar refractivity (Wildman–Crippen MR) is 70.2 cm³/mol. The molecule has 3 fully saturated rings. The van der Waals surface area contributed by atoms with Gasteiger partial charge >= 0.3 is 0 Å². The van der Waals surface area contributed by atoms with Gasteiger partial charge in [-0.25, -0.2) is 0 Å². The Bertz CT molecular complexity index is 342. The molecular formula is C15H23NO2. The molecule has 1 heterocycles. The van der Waals surface area contributed by atoms with Gasteiger partial charge in [0.05, 0.1) is 18.8 Å². The third-order valence-electron chi connectivity index (χ3n) is 4.81. The van der Waals surface area contributed by atoms with E-state index in [4.69, 9.17) is 4.74 Å². The van der Waals surface area contributed by atoms with Gasteiger partial charge in [0.1, 0.15) is 0 Å². The van der Waals surface area contributed by atoms with Crippen LogP contribution in [0.15, 0.2) is 12.2 Å². The zero-order valence-corrected chi connectivity index (χ0v) is 11.1. The summed E-state index contributed by atoms with van der Waals surface area (Å²) in [5, 5.41) is 0. The summed E-state index contributed by atoms with van der Waals surface area (Å²) in [6.45, 7) is 5.56. The molecule has 3 aliphatic rings. The van der Waals surface area contributed by atoms with Crippen molar-refractivity contribution in [3.8, 4) is 0 Å². The van der Waals surface area contributed by atoms with Crippen LogP contribution in [0.1, 0.15) is 44.9 Å². The average Bonchev–Trinajstić information content (AvgIpc) is 2.87. The van der Waals surface area contributed by atoms with E-state index in [0.29, 0.717) is 18.1 Å². The van der Waals surface area contributed by atoms with Gasteiger partial charge in [-0.15, -0.1) is 0 Å². The van der Waals surface area contributed by atoms with Crippen molar-refractivity contribution in [3.05, 3.63) is 12.2 Å².